The Morgan fingerprint density at radius 2 is 2.19 bits per heavy atom. The van der Waals surface area contributed by atoms with Crippen LogP contribution in [0.5, 0.6) is 0 Å². The lowest BCUT2D eigenvalue weighted by Crippen LogP contribution is -2.29. The van der Waals surface area contributed by atoms with Crippen LogP contribution in [0.15, 0.2) is 22.9 Å². The van der Waals surface area contributed by atoms with E-state index in [1.807, 2.05) is 22.7 Å². The molecule has 0 spiro atoms. The zero-order chi connectivity index (χ0) is 17.9. The molecule has 8 nitrogen and oxygen atoms in total. The molecular weight excluding hydrogens is 332 g/mol. The summed E-state index contributed by atoms with van der Waals surface area (Å²) in [5.74, 6) is 2.05. The highest BCUT2D eigenvalue weighted by Crippen LogP contribution is 2.25. The SMILES string of the molecule is CCCc1noc(-c2cccn3c(CNC(=O)C4CCCC4)nnc23)n1. The summed E-state index contributed by atoms with van der Waals surface area (Å²) in [6, 6.07) is 3.77. The Labute approximate surface area is 151 Å². The number of hydrogen-bond acceptors (Lipinski definition) is 6. The second-order valence-electron chi connectivity index (χ2n) is 6.70. The molecule has 1 aliphatic rings. The minimum atomic E-state index is 0.108. The number of aromatic nitrogens is 5. The monoisotopic (exact) mass is 354 g/mol. The van der Waals surface area contributed by atoms with E-state index in [9.17, 15) is 4.79 Å². The minimum Gasteiger partial charge on any atom is -0.349 e. The van der Waals surface area contributed by atoms with Gasteiger partial charge in [-0.2, -0.15) is 4.98 Å². The van der Waals surface area contributed by atoms with Crippen LogP contribution in [0, 0.1) is 5.92 Å². The van der Waals surface area contributed by atoms with Gasteiger partial charge in [0.05, 0.1) is 12.1 Å². The molecule has 3 aromatic rings. The van der Waals surface area contributed by atoms with Gasteiger partial charge in [0.25, 0.3) is 5.89 Å². The fourth-order valence-corrected chi connectivity index (χ4v) is 3.44. The maximum atomic E-state index is 12.2. The van der Waals surface area contributed by atoms with E-state index in [1.54, 1.807) is 0 Å². The van der Waals surface area contributed by atoms with Crippen LogP contribution in [0.3, 0.4) is 0 Å². The third kappa shape index (κ3) is 3.18. The van der Waals surface area contributed by atoms with E-state index in [0.29, 0.717) is 29.7 Å². The molecule has 8 heteroatoms. The molecule has 0 atom stereocenters. The van der Waals surface area contributed by atoms with E-state index >= 15 is 0 Å². The number of nitrogens with zero attached hydrogens (tertiary/aromatic N) is 5. The van der Waals surface area contributed by atoms with Crippen LogP contribution in [0.1, 0.15) is 50.7 Å². The number of pyridine rings is 1. The van der Waals surface area contributed by atoms with Crippen LogP contribution < -0.4 is 5.32 Å². The van der Waals surface area contributed by atoms with Crippen LogP contribution >= 0.6 is 0 Å². The Balaban J connectivity index is 1.55. The Hall–Kier alpha value is -2.77. The standard InChI is InChI=1S/C18H22N6O2/c1-2-6-14-20-18(26-23-14)13-9-5-10-24-15(21-22-16(13)24)11-19-17(25)12-7-3-4-8-12/h5,9-10,12H,2-4,6-8,11H2,1H3,(H,19,25). The highest BCUT2D eigenvalue weighted by molar-refractivity contribution is 5.78. The molecule has 1 aliphatic carbocycles. The Bertz CT molecular complexity index is 909. The molecule has 0 saturated heterocycles. The summed E-state index contributed by atoms with van der Waals surface area (Å²) in [6.07, 6.45) is 7.84. The van der Waals surface area contributed by atoms with E-state index in [1.165, 1.54) is 0 Å². The van der Waals surface area contributed by atoms with E-state index in [2.05, 4.69) is 32.6 Å². The summed E-state index contributed by atoms with van der Waals surface area (Å²) in [5.41, 5.74) is 1.38. The summed E-state index contributed by atoms with van der Waals surface area (Å²) >= 11 is 0. The van der Waals surface area contributed by atoms with Crippen molar-refractivity contribution >= 4 is 11.6 Å². The van der Waals surface area contributed by atoms with Gasteiger partial charge in [0, 0.05) is 18.5 Å². The molecule has 0 radical (unpaired) electrons. The van der Waals surface area contributed by atoms with Gasteiger partial charge in [-0.05, 0) is 31.4 Å². The molecule has 0 aliphatic heterocycles. The number of amides is 1. The van der Waals surface area contributed by atoms with Crippen molar-refractivity contribution < 1.29 is 9.32 Å². The topological polar surface area (TPSA) is 98.2 Å². The van der Waals surface area contributed by atoms with Crippen molar-refractivity contribution in [2.24, 2.45) is 5.92 Å². The van der Waals surface area contributed by atoms with Crippen molar-refractivity contribution in [3.05, 3.63) is 30.0 Å². The summed E-state index contributed by atoms with van der Waals surface area (Å²) in [7, 11) is 0. The van der Waals surface area contributed by atoms with Gasteiger partial charge in [-0.3, -0.25) is 9.20 Å². The van der Waals surface area contributed by atoms with Gasteiger partial charge in [-0.15, -0.1) is 10.2 Å². The quantitative estimate of drug-likeness (QED) is 0.730. The predicted molar refractivity (Wildman–Crippen MR) is 94.1 cm³/mol. The highest BCUT2D eigenvalue weighted by Gasteiger charge is 2.23. The van der Waals surface area contributed by atoms with E-state index in [4.69, 9.17) is 4.52 Å². The van der Waals surface area contributed by atoms with Crippen molar-refractivity contribution in [1.29, 1.82) is 0 Å². The van der Waals surface area contributed by atoms with Crippen LogP contribution in [0.4, 0.5) is 0 Å². The number of carbonyl (C=O) groups excluding carboxylic acids is 1. The molecule has 0 bridgehead atoms. The van der Waals surface area contributed by atoms with Crippen LogP contribution in [-0.2, 0) is 17.8 Å². The number of aryl methyl sites for hydroxylation is 1. The molecule has 136 valence electrons. The summed E-state index contributed by atoms with van der Waals surface area (Å²) in [4.78, 5) is 16.7. The first kappa shape index (κ1) is 16.7. The fraction of sp³-hybridized carbons (Fsp3) is 0.500. The van der Waals surface area contributed by atoms with Crippen molar-refractivity contribution in [2.75, 3.05) is 0 Å². The first-order valence-electron chi connectivity index (χ1n) is 9.19. The predicted octanol–water partition coefficient (Wildman–Crippen LogP) is 2.54. The molecule has 1 fully saturated rings. The zero-order valence-corrected chi connectivity index (χ0v) is 14.8. The van der Waals surface area contributed by atoms with Gasteiger partial charge in [0.2, 0.25) is 5.91 Å². The molecule has 3 heterocycles. The number of nitrogens with one attached hydrogen (secondary N) is 1. The molecule has 3 aromatic heterocycles. The van der Waals surface area contributed by atoms with Gasteiger partial charge < -0.3 is 9.84 Å². The van der Waals surface area contributed by atoms with E-state index < -0.39 is 0 Å². The molecule has 1 amide bonds. The average molecular weight is 354 g/mol. The number of fused-ring (bicyclic) bond motifs is 1. The van der Waals surface area contributed by atoms with Gasteiger partial charge in [-0.1, -0.05) is 24.9 Å². The van der Waals surface area contributed by atoms with Crippen LogP contribution in [0.2, 0.25) is 0 Å². The summed E-state index contributed by atoms with van der Waals surface area (Å²) < 4.78 is 7.23. The van der Waals surface area contributed by atoms with Crippen molar-refractivity contribution in [1.82, 2.24) is 30.1 Å². The van der Waals surface area contributed by atoms with Gasteiger partial charge >= 0.3 is 0 Å². The number of hydrogen-bond donors (Lipinski definition) is 1. The molecule has 0 unspecified atom stereocenters. The van der Waals surface area contributed by atoms with Crippen LogP contribution in [-0.4, -0.2) is 30.6 Å². The number of rotatable bonds is 6. The van der Waals surface area contributed by atoms with Gasteiger partial charge in [-0.25, -0.2) is 0 Å². The second-order valence-corrected chi connectivity index (χ2v) is 6.70. The van der Waals surface area contributed by atoms with Crippen LogP contribution in [0.25, 0.3) is 17.1 Å². The molecule has 26 heavy (non-hydrogen) atoms. The number of carbonyl (C=O) groups is 1. The normalized spacial score (nSPS) is 15.0. The van der Waals surface area contributed by atoms with Crippen molar-refractivity contribution in [2.45, 2.75) is 52.0 Å². The fourth-order valence-electron chi connectivity index (χ4n) is 3.44. The van der Waals surface area contributed by atoms with Crippen molar-refractivity contribution in [3.63, 3.8) is 0 Å². The molecule has 0 aromatic carbocycles. The lowest BCUT2D eigenvalue weighted by atomic mass is 10.1. The maximum absolute atomic E-state index is 12.2. The maximum Gasteiger partial charge on any atom is 0.261 e. The third-order valence-electron chi connectivity index (χ3n) is 4.82. The Morgan fingerprint density at radius 1 is 1.35 bits per heavy atom. The highest BCUT2D eigenvalue weighted by atomic mass is 16.5. The van der Waals surface area contributed by atoms with E-state index in [0.717, 1.165) is 44.1 Å². The molecule has 1 saturated carbocycles. The minimum absolute atomic E-state index is 0.108. The summed E-state index contributed by atoms with van der Waals surface area (Å²) in [6.45, 7) is 2.42. The Kier molecular flexibility index (Phi) is 4.64. The van der Waals surface area contributed by atoms with Gasteiger partial charge in [0.1, 0.15) is 0 Å². The first-order chi connectivity index (χ1) is 12.8. The largest absolute Gasteiger partial charge is 0.349 e. The lowest BCUT2D eigenvalue weighted by molar-refractivity contribution is -0.125. The lowest BCUT2D eigenvalue weighted by Gasteiger charge is -2.09. The summed E-state index contributed by atoms with van der Waals surface area (Å²) in [5, 5.41) is 15.5. The zero-order valence-electron chi connectivity index (χ0n) is 14.8. The van der Waals surface area contributed by atoms with Gasteiger partial charge in [0.15, 0.2) is 17.3 Å². The Morgan fingerprint density at radius 3 is 3.00 bits per heavy atom. The molecule has 4 rings (SSSR count). The first-order valence-corrected chi connectivity index (χ1v) is 9.19. The third-order valence-corrected chi connectivity index (χ3v) is 4.82. The molecular formula is C18H22N6O2. The second kappa shape index (κ2) is 7.23. The van der Waals surface area contributed by atoms with E-state index in [-0.39, 0.29) is 11.8 Å². The van der Waals surface area contributed by atoms with Crippen molar-refractivity contribution in [3.8, 4) is 11.5 Å². The smallest absolute Gasteiger partial charge is 0.261 e. The molecule has 1 N–H and O–H groups in total. The average Bonchev–Trinajstić information content (AvgIpc) is 3.40.